The van der Waals surface area contributed by atoms with Crippen LogP contribution in [0.1, 0.15) is 5.56 Å². The van der Waals surface area contributed by atoms with E-state index in [0.717, 1.165) is 0 Å². The molecule has 0 unspecified atom stereocenters. The van der Waals surface area contributed by atoms with Gasteiger partial charge in [0.05, 0.1) is 35.4 Å². The molecular weight excluding hydrogens is 440 g/mol. The first-order chi connectivity index (χ1) is 16.8. The lowest BCUT2D eigenvalue weighted by Gasteiger charge is -2.18. The second-order valence-electron chi connectivity index (χ2n) is 11.1. The van der Waals surface area contributed by atoms with E-state index in [1.54, 1.807) is 0 Å². The first-order valence-corrected chi connectivity index (χ1v) is 15.9. The zero-order valence-corrected chi connectivity index (χ0v) is 22.0. The second kappa shape index (κ2) is 6.93. The Hall–Kier alpha value is -3.69. The van der Waals surface area contributed by atoms with Crippen molar-refractivity contribution in [1.29, 1.82) is 0 Å². The van der Waals surface area contributed by atoms with Crippen LogP contribution >= 0.6 is 0 Å². The predicted molar refractivity (Wildman–Crippen MR) is 153 cm³/mol. The Kier molecular flexibility index (Phi) is 4.09. The molecule has 2 nitrogen and oxygen atoms in total. The highest BCUT2D eigenvalue weighted by atomic mass is 28.3. The van der Waals surface area contributed by atoms with Gasteiger partial charge in [-0.05, 0) is 47.2 Å². The molecule has 0 N–H and O–H groups in total. The Balaban J connectivity index is 1.73. The van der Waals surface area contributed by atoms with Crippen LogP contribution in [0.2, 0.25) is 19.6 Å². The summed E-state index contributed by atoms with van der Waals surface area (Å²) in [5.41, 5.74) is 9.12. The Bertz CT molecular complexity index is 1950. The quantitative estimate of drug-likeness (QED) is 0.108. The van der Waals surface area contributed by atoms with Crippen molar-refractivity contribution in [2.45, 2.75) is 26.6 Å². The van der Waals surface area contributed by atoms with E-state index in [0.29, 0.717) is 0 Å². The van der Waals surface area contributed by atoms with Crippen LogP contribution < -0.4 is 9.75 Å². The number of aromatic nitrogens is 2. The van der Waals surface area contributed by atoms with Gasteiger partial charge in [0.15, 0.2) is 6.20 Å². The fourth-order valence-corrected chi connectivity index (χ4v) is 7.18. The number of fused-ring (bicyclic) bond motifs is 5. The second-order valence-corrected chi connectivity index (χ2v) is 16.1. The van der Waals surface area contributed by atoms with Gasteiger partial charge in [-0.2, -0.15) is 0 Å². The van der Waals surface area contributed by atoms with Crippen molar-refractivity contribution < 1.29 is 4.57 Å². The molecule has 3 heteroatoms. The van der Waals surface area contributed by atoms with Gasteiger partial charge in [0.2, 0.25) is 5.52 Å². The molecule has 170 valence electrons. The molecule has 0 aliphatic rings. The summed E-state index contributed by atoms with van der Waals surface area (Å²) in [7, 11) is 0.776. The topological polar surface area (TPSA) is 8.29 Å². The van der Waals surface area contributed by atoms with E-state index in [1.165, 1.54) is 70.9 Å². The van der Waals surface area contributed by atoms with E-state index in [9.17, 15) is 0 Å². The van der Waals surface area contributed by atoms with Crippen LogP contribution in [-0.4, -0.2) is 12.5 Å². The summed E-state index contributed by atoms with van der Waals surface area (Å²) in [4.78, 5) is 0. The summed E-state index contributed by atoms with van der Waals surface area (Å²) in [6.07, 6.45) is 2.22. The molecule has 35 heavy (non-hydrogen) atoms. The smallest absolute Gasteiger partial charge is 0.224 e. The first-order valence-electron chi connectivity index (χ1n) is 12.4. The summed E-state index contributed by atoms with van der Waals surface area (Å²) in [6, 6.07) is 29.8. The van der Waals surface area contributed by atoms with Crippen molar-refractivity contribution in [1.82, 2.24) is 4.40 Å². The van der Waals surface area contributed by atoms with Crippen molar-refractivity contribution >= 4 is 62.3 Å². The summed E-state index contributed by atoms with van der Waals surface area (Å²) in [5.74, 6) is 0. The Morgan fingerprint density at radius 2 is 1.54 bits per heavy atom. The molecule has 0 radical (unpaired) electrons. The molecule has 0 atom stereocenters. The summed E-state index contributed by atoms with van der Waals surface area (Å²) in [6.45, 7) is 9.51. The van der Waals surface area contributed by atoms with Crippen LogP contribution in [0.3, 0.4) is 0 Å². The Labute approximate surface area is 206 Å². The van der Waals surface area contributed by atoms with Gasteiger partial charge in [-0.15, -0.1) is 0 Å². The normalized spacial score (nSPS) is 12.7. The van der Waals surface area contributed by atoms with Crippen LogP contribution in [0.25, 0.3) is 60.1 Å². The monoisotopic (exact) mass is 469 g/mol. The zero-order chi connectivity index (χ0) is 24.1. The molecule has 0 saturated carbocycles. The molecular formula is C32H29N2Si+. The maximum atomic E-state index is 2.52. The van der Waals surface area contributed by atoms with Crippen LogP contribution in [0.15, 0.2) is 85.1 Å². The average molecular weight is 470 g/mol. The fraction of sp³-hybridized carbons (Fsp3) is 0.156. The molecule has 0 spiro atoms. The highest BCUT2D eigenvalue weighted by Gasteiger charge is 2.24. The highest BCUT2D eigenvalue weighted by Crippen LogP contribution is 2.41. The fourth-order valence-electron chi connectivity index (χ4n) is 6.00. The maximum Gasteiger partial charge on any atom is 0.224 e. The molecule has 0 saturated heterocycles. The SMILES string of the molecule is Cc1ccc2c3ccccc3n3c4cc(-c5cccc([Si](C)(C)C)c5)cc5cc[n+](C)c(c1c23)c54. The molecule has 0 aliphatic heterocycles. The van der Waals surface area contributed by atoms with Gasteiger partial charge >= 0.3 is 0 Å². The summed E-state index contributed by atoms with van der Waals surface area (Å²) in [5, 5.41) is 8.13. The molecule has 7 aromatic rings. The number of nitrogens with zero attached hydrogens (tertiary/aromatic N) is 2. The van der Waals surface area contributed by atoms with Crippen molar-refractivity contribution in [3.05, 3.63) is 90.6 Å². The lowest BCUT2D eigenvalue weighted by atomic mass is 9.96. The zero-order valence-electron chi connectivity index (χ0n) is 21.0. The minimum Gasteiger partial charge on any atom is -0.307 e. The van der Waals surface area contributed by atoms with Crippen molar-refractivity contribution in [3.63, 3.8) is 0 Å². The average Bonchev–Trinajstić information content (AvgIpc) is 3.19. The predicted octanol–water partition coefficient (Wildman–Crippen LogP) is 7.34. The minimum atomic E-state index is -1.41. The van der Waals surface area contributed by atoms with E-state index < -0.39 is 8.07 Å². The van der Waals surface area contributed by atoms with E-state index in [1.807, 2.05) is 0 Å². The number of benzene rings is 4. The van der Waals surface area contributed by atoms with Crippen LogP contribution in [0.5, 0.6) is 0 Å². The van der Waals surface area contributed by atoms with Crippen LogP contribution in [0, 0.1) is 6.92 Å². The highest BCUT2D eigenvalue weighted by molar-refractivity contribution is 6.88. The third kappa shape index (κ3) is 2.79. The van der Waals surface area contributed by atoms with Crippen molar-refractivity contribution in [2.24, 2.45) is 7.05 Å². The van der Waals surface area contributed by atoms with E-state index in [2.05, 4.69) is 128 Å². The molecule has 0 bridgehead atoms. The molecule has 4 aromatic carbocycles. The number of hydrogen-bond acceptors (Lipinski definition) is 0. The standard InChI is InChI=1S/C32H29N2Si/c1-20-13-14-26-25-11-6-7-12-27(25)34-28-19-23(21-9-8-10-24(18-21)35(3,4)5)17-22-15-16-33(2)32(30(22)28)29(20)31(26)34/h6-19H,1-5H3/q+1. The van der Waals surface area contributed by atoms with Gasteiger partial charge in [0.25, 0.3) is 0 Å². The first kappa shape index (κ1) is 20.7. The van der Waals surface area contributed by atoms with Crippen molar-refractivity contribution in [3.8, 4) is 11.1 Å². The van der Waals surface area contributed by atoms with Crippen LogP contribution in [0.4, 0.5) is 0 Å². The number of rotatable bonds is 2. The molecule has 3 aromatic heterocycles. The summed E-state index contributed by atoms with van der Waals surface area (Å²) >= 11 is 0. The lowest BCUT2D eigenvalue weighted by molar-refractivity contribution is -0.643. The van der Waals surface area contributed by atoms with Gasteiger partial charge in [-0.3, -0.25) is 0 Å². The number of hydrogen-bond donors (Lipinski definition) is 0. The van der Waals surface area contributed by atoms with Gasteiger partial charge in [0, 0.05) is 16.8 Å². The van der Waals surface area contributed by atoms with Gasteiger partial charge in [-0.1, -0.05) is 79.4 Å². The third-order valence-corrected chi connectivity index (χ3v) is 9.84. The van der Waals surface area contributed by atoms with Crippen LogP contribution in [-0.2, 0) is 7.05 Å². The lowest BCUT2D eigenvalue weighted by Crippen LogP contribution is -2.37. The summed E-state index contributed by atoms with van der Waals surface area (Å²) < 4.78 is 4.83. The number of para-hydroxylation sites is 1. The van der Waals surface area contributed by atoms with Gasteiger partial charge in [0.1, 0.15) is 7.05 Å². The Morgan fingerprint density at radius 3 is 2.37 bits per heavy atom. The maximum absolute atomic E-state index is 2.52. The van der Waals surface area contributed by atoms with Gasteiger partial charge < -0.3 is 4.40 Å². The molecule has 0 fully saturated rings. The van der Waals surface area contributed by atoms with E-state index in [4.69, 9.17) is 0 Å². The molecule has 7 rings (SSSR count). The number of pyridine rings is 2. The number of aryl methyl sites for hydroxylation is 2. The Morgan fingerprint density at radius 1 is 0.714 bits per heavy atom. The largest absolute Gasteiger partial charge is 0.307 e. The van der Waals surface area contributed by atoms with E-state index >= 15 is 0 Å². The van der Waals surface area contributed by atoms with Crippen molar-refractivity contribution in [2.75, 3.05) is 0 Å². The van der Waals surface area contributed by atoms with E-state index in [-0.39, 0.29) is 0 Å². The minimum absolute atomic E-state index is 1.28. The molecule has 3 heterocycles. The molecule has 0 amide bonds. The third-order valence-electron chi connectivity index (χ3n) is 7.80. The van der Waals surface area contributed by atoms with Gasteiger partial charge in [-0.25, -0.2) is 4.57 Å². The molecule has 0 aliphatic carbocycles.